The summed E-state index contributed by atoms with van der Waals surface area (Å²) >= 11 is 0. The van der Waals surface area contributed by atoms with E-state index in [0.717, 1.165) is 36.5 Å². The fourth-order valence-corrected chi connectivity index (χ4v) is 5.52. The first-order valence-electron chi connectivity index (χ1n) is 11.7. The third kappa shape index (κ3) is 6.56. The summed E-state index contributed by atoms with van der Waals surface area (Å²) in [6, 6.07) is 10.9. The van der Waals surface area contributed by atoms with Crippen LogP contribution in [0, 0.1) is 29.1 Å². The number of nitrogens with zero attached hydrogens (tertiary/aromatic N) is 1. The molecular weight excluding hydrogens is 357 g/mol. The van der Waals surface area contributed by atoms with Crippen molar-refractivity contribution in [3.63, 3.8) is 0 Å². The van der Waals surface area contributed by atoms with E-state index in [4.69, 9.17) is 5.26 Å². The van der Waals surface area contributed by atoms with Crippen LogP contribution in [0.5, 0.6) is 0 Å². The number of hydrogen-bond acceptors (Lipinski definition) is 1. The number of allylic oxidation sites excluding steroid dienone is 4. The maximum Gasteiger partial charge on any atom is 0.199 e. The van der Waals surface area contributed by atoms with Gasteiger partial charge in [0.05, 0.1) is 0 Å². The summed E-state index contributed by atoms with van der Waals surface area (Å²) in [5.74, 6) is 2.78. The second kappa shape index (κ2) is 11.3. The van der Waals surface area contributed by atoms with Crippen LogP contribution in [-0.2, 0) is 6.42 Å². The summed E-state index contributed by atoms with van der Waals surface area (Å²) < 4.78 is 12.7. The van der Waals surface area contributed by atoms with Gasteiger partial charge in [-0.05, 0) is 98.7 Å². The van der Waals surface area contributed by atoms with E-state index in [1.165, 1.54) is 75.5 Å². The van der Waals surface area contributed by atoms with Gasteiger partial charge in [-0.3, -0.25) is 0 Å². The molecule has 2 fully saturated rings. The average molecular weight is 394 g/mol. The zero-order chi connectivity index (χ0) is 20.5. The molecule has 0 amide bonds. The van der Waals surface area contributed by atoms with Crippen molar-refractivity contribution < 1.29 is 4.39 Å². The molecule has 0 atom stereocenters. The highest BCUT2D eigenvalue weighted by Gasteiger charge is 2.31. The summed E-state index contributed by atoms with van der Waals surface area (Å²) in [5.41, 5.74) is 3.00. The zero-order valence-electron chi connectivity index (χ0n) is 18.0. The number of benzene rings is 1. The maximum atomic E-state index is 12.7. The van der Waals surface area contributed by atoms with Crippen molar-refractivity contribution in [1.29, 1.82) is 5.26 Å². The van der Waals surface area contributed by atoms with Crippen LogP contribution < -0.4 is 0 Å². The van der Waals surface area contributed by atoms with Gasteiger partial charge < -0.3 is 0 Å². The molecular formula is C27H36FN. The lowest BCUT2D eigenvalue weighted by Crippen LogP contribution is -2.25. The minimum absolute atomic E-state index is 0.713. The van der Waals surface area contributed by atoms with Crippen molar-refractivity contribution in [3.05, 3.63) is 59.4 Å². The van der Waals surface area contributed by atoms with E-state index in [-0.39, 0.29) is 0 Å². The fourth-order valence-electron chi connectivity index (χ4n) is 5.52. The molecule has 1 nitrogen and oxygen atoms in total. The Balaban J connectivity index is 1.36. The monoisotopic (exact) mass is 393 g/mol. The van der Waals surface area contributed by atoms with Crippen molar-refractivity contribution in [2.45, 2.75) is 83.5 Å². The predicted octanol–water partition coefficient (Wildman–Crippen LogP) is 8.04. The Morgan fingerprint density at radius 3 is 2.21 bits per heavy atom. The third-order valence-electron chi connectivity index (χ3n) is 7.42. The smallest absolute Gasteiger partial charge is 0.195 e. The van der Waals surface area contributed by atoms with E-state index in [0.29, 0.717) is 0 Å². The van der Waals surface area contributed by atoms with E-state index < -0.39 is 5.83 Å². The van der Waals surface area contributed by atoms with Gasteiger partial charge in [-0.2, -0.15) is 9.65 Å². The first kappa shape index (κ1) is 21.8. The Bertz CT molecular complexity index is 708. The van der Waals surface area contributed by atoms with Crippen LogP contribution in [0.15, 0.2) is 48.3 Å². The van der Waals surface area contributed by atoms with Crippen LogP contribution in [0.1, 0.15) is 88.2 Å². The molecule has 1 aromatic carbocycles. The van der Waals surface area contributed by atoms with Gasteiger partial charge in [0.25, 0.3) is 0 Å². The molecule has 0 saturated heterocycles. The number of halogens is 1. The highest BCUT2D eigenvalue weighted by atomic mass is 19.1. The topological polar surface area (TPSA) is 23.8 Å². The number of aryl methyl sites for hydroxylation is 1. The maximum absolute atomic E-state index is 12.7. The Kier molecular flexibility index (Phi) is 8.53. The molecule has 0 unspecified atom stereocenters. The van der Waals surface area contributed by atoms with Crippen molar-refractivity contribution in [1.82, 2.24) is 0 Å². The molecule has 0 bridgehead atoms. The third-order valence-corrected chi connectivity index (χ3v) is 7.42. The molecule has 0 heterocycles. The molecule has 2 heteroatoms. The normalized spacial score (nSPS) is 28.4. The quantitative estimate of drug-likeness (QED) is 0.339. The summed E-state index contributed by atoms with van der Waals surface area (Å²) in [4.78, 5) is 0. The van der Waals surface area contributed by atoms with Crippen LogP contribution in [0.3, 0.4) is 0 Å². The standard InChI is InChI=1S/C27H36FN/c1-2-21-8-12-23(13-9-21)25-16-18-26(19-17-25)24-14-10-22(11-15-24)6-4-3-5-7-27(28)20-29/h3,5,7-9,12-13,22,24-26H,2,4,6,10-11,14-19H2,1H3/b5-3+,27-7-/t22?,24?,25-,26-. The van der Waals surface area contributed by atoms with Gasteiger partial charge >= 0.3 is 0 Å². The largest absolute Gasteiger partial charge is 0.199 e. The molecule has 0 aromatic heterocycles. The lowest BCUT2D eigenvalue weighted by Gasteiger charge is -2.38. The van der Waals surface area contributed by atoms with Crippen LogP contribution >= 0.6 is 0 Å². The van der Waals surface area contributed by atoms with Crippen molar-refractivity contribution in [3.8, 4) is 6.07 Å². The number of hydrogen-bond donors (Lipinski definition) is 0. The minimum Gasteiger partial charge on any atom is -0.195 e. The highest BCUT2D eigenvalue weighted by Crippen LogP contribution is 2.44. The van der Waals surface area contributed by atoms with E-state index in [1.807, 2.05) is 6.08 Å². The minimum atomic E-state index is -0.713. The molecule has 2 aliphatic carbocycles. The summed E-state index contributed by atoms with van der Waals surface area (Å²) in [7, 11) is 0. The number of rotatable bonds is 7. The van der Waals surface area contributed by atoms with Gasteiger partial charge in [-0.25, -0.2) is 0 Å². The van der Waals surface area contributed by atoms with Gasteiger partial charge in [0, 0.05) is 0 Å². The molecule has 156 valence electrons. The molecule has 1 aromatic rings. The van der Waals surface area contributed by atoms with Gasteiger partial charge in [0.2, 0.25) is 0 Å². The molecule has 2 saturated carbocycles. The fraction of sp³-hybridized carbons (Fsp3) is 0.593. The van der Waals surface area contributed by atoms with Crippen molar-refractivity contribution >= 4 is 0 Å². The van der Waals surface area contributed by atoms with Gasteiger partial charge in [-0.1, -0.05) is 56.2 Å². The molecule has 0 aliphatic heterocycles. The molecule has 3 rings (SSSR count). The van der Waals surface area contributed by atoms with Crippen LogP contribution in [0.25, 0.3) is 0 Å². The lowest BCUT2D eigenvalue weighted by molar-refractivity contribution is 0.157. The van der Waals surface area contributed by atoms with E-state index in [1.54, 1.807) is 11.6 Å². The summed E-state index contributed by atoms with van der Waals surface area (Å²) in [6.07, 6.45) is 19.3. The van der Waals surface area contributed by atoms with Crippen molar-refractivity contribution in [2.24, 2.45) is 17.8 Å². The first-order chi connectivity index (χ1) is 14.2. The van der Waals surface area contributed by atoms with E-state index in [9.17, 15) is 4.39 Å². The highest BCUT2D eigenvalue weighted by molar-refractivity contribution is 5.25. The lowest BCUT2D eigenvalue weighted by atomic mass is 9.68. The zero-order valence-corrected chi connectivity index (χ0v) is 18.0. The Labute approximate surface area is 176 Å². The number of nitriles is 1. The Hall–Kier alpha value is -1.88. The second-order valence-electron chi connectivity index (χ2n) is 9.12. The van der Waals surface area contributed by atoms with Gasteiger partial charge in [0.15, 0.2) is 5.83 Å². The van der Waals surface area contributed by atoms with Crippen LogP contribution in [0.4, 0.5) is 4.39 Å². The SMILES string of the molecule is CCc1ccc([C@H]2CC[C@H](C3CCC(CC/C=C/C=C(\F)C#N)CC3)CC2)cc1. The van der Waals surface area contributed by atoms with E-state index >= 15 is 0 Å². The molecule has 29 heavy (non-hydrogen) atoms. The Morgan fingerprint density at radius 1 is 1.00 bits per heavy atom. The molecule has 0 N–H and O–H groups in total. The van der Waals surface area contributed by atoms with Crippen molar-refractivity contribution in [2.75, 3.05) is 0 Å². The van der Waals surface area contributed by atoms with Crippen LogP contribution in [-0.4, -0.2) is 0 Å². The van der Waals surface area contributed by atoms with Crippen LogP contribution in [0.2, 0.25) is 0 Å². The summed E-state index contributed by atoms with van der Waals surface area (Å²) in [6.45, 7) is 2.22. The van der Waals surface area contributed by atoms with Gasteiger partial charge in [-0.15, -0.1) is 0 Å². The van der Waals surface area contributed by atoms with Gasteiger partial charge in [0.1, 0.15) is 6.07 Å². The average Bonchev–Trinajstić information content (AvgIpc) is 2.79. The van der Waals surface area contributed by atoms with E-state index in [2.05, 4.69) is 31.2 Å². The summed E-state index contributed by atoms with van der Waals surface area (Å²) in [5, 5.41) is 8.39. The molecule has 0 spiro atoms. The Morgan fingerprint density at radius 2 is 1.62 bits per heavy atom. The first-order valence-corrected chi connectivity index (χ1v) is 11.7. The molecule has 0 radical (unpaired) electrons. The predicted molar refractivity (Wildman–Crippen MR) is 119 cm³/mol. The second-order valence-corrected chi connectivity index (χ2v) is 9.12. The molecule has 2 aliphatic rings.